The van der Waals surface area contributed by atoms with Crippen LogP contribution in [-0.2, 0) is 10.2 Å². The molecule has 0 aromatic heterocycles. The first-order valence-corrected chi connectivity index (χ1v) is 12.7. The minimum Gasteiger partial charge on any atom is -0.491 e. The second kappa shape index (κ2) is 12.2. The van der Waals surface area contributed by atoms with E-state index in [0.29, 0.717) is 13.1 Å². The molecule has 1 unspecified atom stereocenters. The lowest BCUT2D eigenvalue weighted by atomic mass is 9.78. The normalized spacial score (nSPS) is 15.9. The number of β-amino-alcohol motifs (C(OH)–C–C–N with tert-alkyl or cyclic N) is 1. The fraction of sp³-hybridized carbons (Fsp3) is 0.367. The van der Waals surface area contributed by atoms with E-state index in [-0.39, 0.29) is 17.9 Å². The maximum Gasteiger partial charge on any atom is 0.238 e. The highest BCUT2D eigenvalue weighted by Crippen LogP contribution is 2.32. The van der Waals surface area contributed by atoms with Crippen LogP contribution in [0.4, 0.5) is 5.69 Å². The van der Waals surface area contributed by atoms with Crippen molar-refractivity contribution in [3.63, 3.8) is 0 Å². The van der Waals surface area contributed by atoms with Crippen molar-refractivity contribution in [2.45, 2.75) is 25.4 Å². The van der Waals surface area contributed by atoms with Crippen LogP contribution < -0.4 is 10.1 Å². The smallest absolute Gasteiger partial charge is 0.238 e. The molecule has 6 nitrogen and oxygen atoms in total. The Kier molecular flexibility index (Phi) is 8.75. The molecule has 0 radical (unpaired) electrons. The van der Waals surface area contributed by atoms with Gasteiger partial charge in [0.05, 0.1) is 6.54 Å². The zero-order valence-electron chi connectivity index (χ0n) is 21.3. The lowest BCUT2D eigenvalue weighted by molar-refractivity contribution is -0.117. The number of nitrogens with zero attached hydrogens (tertiary/aromatic N) is 2. The topological polar surface area (TPSA) is 65.0 Å². The molecular weight excluding hydrogens is 450 g/mol. The highest BCUT2D eigenvalue weighted by molar-refractivity contribution is 5.92. The largest absolute Gasteiger partial charge is 0.491 e. The molecule has 0 bridgehead atoms. The summed E-state index contributed by atoms with van der Waals surface area (Å²) >= 11 is 0. The SMILES string of the molecule is CC(C)(c1ccccc1)c1ccc(OCC(O)CN2CCN(CC(=O)Nc3ccccc3)CC2)cc1. The van der Waals surface area contributed by atoms with Gasteiger partial charge in [0.25, 0.3) is 0 Å². The molecule has 1 saturated heterocycles. The molecule has 1 aliphatic rings. The van der Waals surface area contributed by atoms with Crippen LogP contribution in [0.15, 0.2) is 84.9 Å². The second-order valence-corrected chi connectivity index (χ2v) is 9.97. The Hall–Kier alpha value is -3.19. The van der Waals surface area contributed by atoms with E-state index in [4.69, 9.17) is 4.74 Å². The summed E-state index contributed by atoms with van der Waals surface area (Å²) in [6, 6.07) is 28.2. The van der Waals surface area contributed by atoms with E-state index >= 15 is 0 Å². The summed E-state index contributed by atoms with van der Waals surface area (Å²) in [5.74, 6) is 0.761. The molecule has 1 atom stereocenters. The van der Waals surface area contributed by atoms with Gasteiger partial charge in [0.1, 0.15) is 18.5 Å². The Morgan fingerprint density at radius 1 is 0.861 bits per heavy atom. The van der Waals surface area contributed by atoms with Gasteiger partial charge in [0.15, 0.2) is 0 Å². The third kappa shape index (κ3) is 7.17. The lowest BCUT2D eigenvalue weighted by Gasteiger charge is -2.35. The minimum atomic E-state index is -0.571. The van der Waals surface area contributed by atoms with Crippen molar-refractivity contribution in [3.8, 4) is 5.75 Å². The van der Waals surface area contributed by atoms with Crippen molar-refractivity contribution in [2.24, 2.45) is 0 Å². The predicted octanol–water partition coefficient (Wildman–Crippen LogP) is 4.01. The number of hydrogen-bond acceptors (Lipinski definition) is 5. The fourth-order valence-corrected chi connectivity index (χ4v) is 4.59. The number of rotatable bonds is 10. The molecule has 3 aromatic carbocycles. The van der Waals surface area contributed by atoms with Crippen molar-refractivity contribution in [1.29, 1.82) is 0 Å². The summed E-state index contributed by atoms with van der Waals surface area (Å²) in [6.45, 7) is 8.87. The van der Waals surface area contributed by atoms with Crippen LogP contribution >= 0.6 is 0 Å². The summed E-state index contributed by atoms with van der Waals surface area (Å²) in [7, 11) is 0. The number of carbonyl (C=O) groups excluding carboxylic acids is 1. The molecule has 1 fully saturated rings. The molecular formula is C30H37N3O3. The van der Waals surface area contributed by atoms with E-state index in [0.717, 1.165) is 37.6 Å². The van der Waals surface area contributed by atoms with Gasteiger partial charge in [0, 0.05) is 43.8 Å². The summed E-state index contributed by atoms with van der Waals surface area (Å²) in [5, 5.41) is 13.5. The van der Waals surface area contributed by atoms with Crippen LogP contribution in [0.1, 0.15) is 25.0 Å². The number of aliphatic hydroxyl groups excluding tert-OH is 1. The number of hydrogen-bond donors (Lipinski definition) is 2. The number of para-hydroxylation sites is 1. The zero-order valence-corrected chi connectivity index (χ0v) is 21.3. The monoisotopic (exact) mass is 487 g/mol. The molecule has 1 heterocycles. The first-order valence-electron chi connectivity index (χ1n) is 12.7. The zero-order chi connectivity index (χ0) is 25.4. The molecule has 0 saturated carbocycles. The van der Waals surface area contributed by atoms with Crippen molar-refractivity contribution in [2.75, 3.05) is 51.2 Å². The van der Waals surface area contributed by atoms with Crippen LogP contribution in [0.25, 0.3) is 0 Å². The summed E-state index contributed by atoms with van der Waals surface area (Å²) in [5.41, 5.74) is 3.21. The molecule has 2 N–H and O–H groups in total. The van der Waals surface area contributed by atoms with Crippen molar-refractivity contribution in [1.82, 2.24) is 9.80 Å². The van der Waals surface area contributed by atoms with Gasteiger partial charge >= 0.3 is 0 Å². The summed E-state index contributed by atoms with van der Waals surface area (Å²) in [6.07, 6.45) is -0.571. The molecule has 1 amide bonds. The first kappa shape index (κ1) is 25.9. The number of aliphatic hydroxyl groups is 1. The number of ether oxygens (including phenoxy) is 1. The Morgan fingerprint density at radius 3 is 2.06 bits per heavy atom. The number of carbonyl (C=O) groups is 1. The third-order valence-corrected chi connectivity index (χ3v) is 6.87. The highest BCUT2D eigenvalue weighted by Gasteiger charge is 2.23. The molecule has 0 aliphatic carbocycles. The standard InChI is InChI=1S/C30H37N3O3/c1-30(2,24-9-5-3-6-10-24)25-13-15-28(16-14-25)36-23-27(34)21-32-17-19-33(20-18-32)22-29(35)31-26-11-7-4-8-12-26/h3-16,27,34H,17-23H2,1-2H3,(H,31,35). The summed E-state index contributed by atoms with van der Waals surface area (Å²) in [4.78, 5) is 16.7. The van der Waals surface area contributed by atoms with E-state index in [2.05, 4.69) is 65.4 Å². The Balaban J connectivity index is 1.17. The molecule has 36 heavy (non-hydrogen) atoms. The van der Waals surface area contributed by atoms with Gasteiger partial charge in [0.2, 0.25) is 5.91 Å². The Labute approximate surface area is 214 Å². The maximum absolute atomic E-state index is 12.3. The van der Waals surface area contributed by atoms with Crippen LogP contribution in [-0.4, -0.2) is 72.8 Å². The van der Waals surface area contributed by atoms with Crippen molar-refractivity contribution < 1.29 is 14.6 Å². The van der Waals surface area contributed by atoms with Gasteiger partial charge in [-0.25, -0.2) is 0 Å². The molecule has 1 aliphatic heterocycles. The van der Waals surface area contributed by atoms with E-state index < -0.39 is 6.10 Å². The fourth-order valence-electron chi connectivity index (χ4n) is 4.59. The minimum absolute atomic E-state index is 0.00117. The molecule has 0 spiro atoms. The third-order valence-electron chi connectivity index (χ3n) is 6.87. The van der Waals surface area contributed by atoms with Gasteiger partial charge in [-0.15, -0.1) is 0 Å². The van der Waals surface area contributed by atoms with Gasteiger partial charge < -0.3 is 15.2 Å². The number of benzene rings is 3. The van der Waals surface area contributed by atoms with Gasteiger partial charge in [-0.3, -0.25) is 14.6 Å². The van der Waals surface area contributed by atoms with E-state index in [1.165, 1.54) is 11.1 Å². The van der Waals surface area contributed by atoms with Crippen molar-refractivity contribution >= 4 is 11.6 Å². The molecule has 190 valence electrons. The number of piperazine rings is 1. The Bertz CT molecular complexity index is 1080. The van der Waals surface area contributed by atoms with E-state index in [1.807, 2.05) is 48.5 Å². The highest BCUT2D eigenvalue weighted by atomic mass is 16.5. The van der Waals surface area contributed by atoms with E-state index in [1.54, 1.807) is 0 Å². The maximum atomic E-state index is 12.3. The summed E-state index contributed by atoms with van der Waals surface area (Å²) < 4.78 is 5.87. The number of amides is 1. The first-order chi connectivity index (χ1) is 17.4. The van der Waals surface area contributed by atoms with Crippen LogP contribution in [0.3, 0.4) is 0 Å². The Morgan fingerprint density at radius 2 is 1.42 bits per heavy atom. The number of nitrogens with one attached hydrogen (secondary N) is 1. The molecule has 6 heteroatoms. The lowest BCUT2D eigenvalue weighted by Crippen LogP contribution is -2.50. The van der Waals surface area contributed by atoms with Crippen LogP contribution in [0.2, 0.25) is 0 Å². The molecule has 4 rings (SSSR count). The average Bonchev–Trinajstić information content (AvgIpc) is 2.90. The second-order valence-electron chi connectivity index (χ2n) is 9.97. The van der Waals surface area contributed by atoms with Gasteiger partial charge in [-0.05, 0) is 35.4 Å². The molecule has 3 aromatic rings. The number of anilines is 1. The van der Waals surface area contributed by atoms with Crippen LogP contribution in [0.5, 0.6) is 5.75 Å². The van der Waals surface area contributed by atoms with E-state index in [9.17, 15) is 9.90 Å². The van der Waals surface area contributed by atoms with Crippen LogP contribution in [0, 0.1) is 0 Å². The quantitative estimate of drug-likeness (QED) is 0.453. The van der Waals surface area contributed by atoms with Gasteiger partial charge in [-0.1, -0.05) is 74.5 Å². The van der Waals surface area contributed by atoms with Crippen molar-refractivity contribution in [3.05, 3.63) is 96.1 Å². The predicted molar refractivity (Wildman–Crippen MR) is 144 cm³/mol. The van der Waals surface area contributed by atoms with Gasteiger partial charge in [-0.2, -0.15) is 0 Å². The average molecular weight is 488 g/mol.